The summed E-state index contributed by atoms with van der Waals surface area (Å²) in [7, 11) is 0. The van der Waals surface area contributed by atoms with Gasteiger partial charge in [-0.3, -0.25) is 0 Å². The van der Waals surface area contributed by atoms with E-state index in [4.69, 9.17) is 14.6 Å². The zero-order valence-corrected chi connectivity index (χ0v) is 8.35. The molecule has 78 valence electrons. The Bertz CT molecular complexity index is 234. The maximum absolute atomic E-state index is 8.79. The van der Waals surface area contributed by atoms with Crippen molar-refractivity contribution in [3.63, 3.8) is 0 Å². The molecule has 0 aliphatic heterocycles. The molecule has 3 heteroatoms. The lowest BCUT2D eigenvalue weighted by Gasteiger charge is -2.07. The number of hydrogen-bond acceptors (Lipinski definition) is 3. The van der Waals surface area contributed by atoms with E-state index in [2.05, 4.69) is 0 Å². The summed E-state index contributed by atoms with van der Waals surface area (Å²) in [5.41, 5.74) is 1.14. The maximum atomic E-state index is 8.79. The second kappa shape index (κ2) is 6.54. The number of benzene rings is 1. The molecule has 1 atom stereocenters. The predicted molar refractivity (Wildman–Crippen MR) is 53.7 cm³/mol. The van der Waals surface area contributed by atoms with Gasteiger partial charge in [0, 0.05) is 0 Å². The first-order valence-corrected chi connectivity index (χ1v) is 4.70. The van der Waals surface area contributed by atoms with Crippen LogP contribution in [0.25, 0.3) is 0 Å². The van der Waals surface area contributed by atoms with Crippen molar-refractivity contribution < 1.29 is 14.6 Å². The summed E-state index contributed by atoms with van der Waals surface area (Å²) in [6.45, 7) is 3.09. The molecule has 0 saturated heterocycles. The first-order chi connectivity index (χ1) is 6.79. The molecule has 0 spiro atoms. The smallest absolute Gasteiger partial charge is 0.151 e. The highest BCUT2D eigenvalue weighted by molar-refractivity contribution is 5.13. The first-order valence-electron chi connectivity index (χ1n) is 4.70. The summed E-state index contributed by atoms with van der Waals surface area (Å²) in [6, 6.07) is 9.95. The van der Waals surface area contributed by atoms with E-state index in [-0.39, 0.29) is 0 Å². The molecule has 0 aromatic heterocycles. The topological polar surface area (TPSA) is 38.7 Å². The maximum Gasteiger partial charge on any atom is 0.151 e. The van der Waals surface area contributed by atoms with Crippen LogP contribution in [0.2, 0.25) is 0 Å². The fourth-order valence-electron chi connectivity index (χ4n) is 1.04. The van der Waals surface area contributed by atoms with Gasteiger partial charge in [0.2, 0.25) is 0 Å². The molecule has 0 fully saturated rings. The minimum absolute atomic E-state index is 0.421. The molecular formula is C11H16O3. The molecule has 0 bridgehead atoms. The molecule has 0 amide bonds. The Hall–Kier alpha value is -0.900. The molecule has 0 aliphatic rings. The van der Waals surface area contributed by atoms with Crippen molar-refractivity contribution in [3.05, 3.63) is 35.9 Å². The summed E-state index contributed by atoms with van der Waals surface area (Å²) >= 11 is 0. The van der Waals surface area contributed by atoms with Crippen LogP contribution in [0.4, 0.5) is 0 Å². The largest absolute Gasteiger partial charge is 0.374 e. The number of ether oxygens (including phenoxy) is 2. The van der Waals surface area contributed by atoms with E-state index in [1.165, 1.54) is 0 Å². The van der Waals surface area contributed by atoms with Crippen molar-refractivity contribution >= 4 is 0 Å². The van der Waals surface area contributed by atoms with Crippen LogP contribution < -0.4 is 0 Å². The van der Waals surface area contributed by atoms with Gasteiger partial charge in [-0.25, -0.2) is 0 Å². The Morgan fingerprint density at radius 2 is 1.93 bits per heavy atom. The quantitative estimate of drug-likeness (QED) is 0.554. The van der Waals surface area contributed by atoms with Crippen LogP contribution in [0, 0.1) is 0 Å². The van der Waals surface area contributed by atoms with Gasteiger partial charge in [-0.05, 0) is 12.5 Å². The third kappa shape index (κ3) is 4.97. The molecular weight excluding hydrogens is 180 g/mol. The second-order valence-electron chi connectivity index (χ2n) is 3.01. The van der Waals surface area contributed by atoms with Crippen LogP contribution in [0.15, 0.2) is 30.3 Å². The van der Waals surface area contributed by atoms with Gasteiger partial charge >= 0.3 is 0 Å². The molecule has 3 nitrogen and oxygen atoms in total. The Labute approximate surface area is 84.3 Å². The van der Waals surface area contributed by atoms with Gasteiger partial charge < -0.3 is 14.6 Å². The van der Waals surface area contributed by atoms with Crippen molar-refractivity contribution in [2.75, 3.05) is 13.2 Å². The van der Waals surface area contributed by atoms with Crippen LogP contribution in [-0.2, 0) is 16.1 Å². The molecule has 0 aliphatic carbocycles. The minimum Gasteiger partial charge on any atom is -0.374 e. The van der Waals surface area contributed by atoms with E-state index >= 15 is 0 Å². The number of aliphatic hydroxyl groups is 1. The monoisotopic (exact) mass is 196 g/mol. The molecule has 1 N–H and O–H groups in total. The normalized spacial score (nSPS) is 12.7. The third-order valence-electron chi connectivity index (χ3n) is 1.70. The lowest BCUT2D eigenvalue weighted by molar-refractivity contribution is -0.101. The van der Waals surface area contributed by atoms with E-state index in [1.807, 2.05) is 30.3 Å². The Morgan fingerprint density at radius 3 is 2.57 bits per heavy atom. The van der Waals surface area contributed by atoms with Crippen LogP contribution in [0.3, 0.4) is 0 Å². The molecule has 0 heterocycles. The van der Waals surface area contributed by atoms with Crippen molar-refractivity contribution in [1.29, 1.82) is 0 Å². The van der Waals surface area contributed by atoms with Gasteiger partial charge in [0.05, 0.1) is 19.8 Å². The molecule has 1 aromatic carbocycles. The standard InChI is InChI=1S/C11H16O3/c1-10(12)14-8-7-13-9-11-5-3-2-4-6-11/h2-6,10,12H,7-9H2,1H3. The number of rotatable bonds is 6. The van der Waals surface area contributed by atoms with Crippen LogP contribution in [0.5, 0.6) is 0 Å². The molecule has 0 radical (unpaired) electrons. The molecule has 1 rings (SSSR count). The fraction of sp³-hybridized carbons (Fsp3) is 0.455. The highest BCUT2D eigenvalue weighted by atomic mass is 16.6. The molecule has 1 unspecified atom stereocenters. The molecule has 1 aromatic rings. The summed E-state index contributed by atoms with van der Waals surface area (Å²) < 4.78 is 10.2. The van der Waals surface area contributed by atoms with E-state index in [1.54, 1.807) is 6.92 Å². The van der Waals surface area contributed by atoms with Gasteiger partial charge in [0.1, 0.15) is 0 Å². The average Bonchev–Trinajstić information content (AvgIpc) is 2.18. The molecule has 14 heavy (non-hydrogen) atoms. The van der Waals surface area contributed by atoms with E-state index in [0.29, 0.717) is 19.8 Å². The zero-order chi connectivity index (χ0) is 10.2. The van der Waals surface area contributed by atoms with E-state index < -0.39 is 6.29 Å². The van der Waals surface area contributed by atoms with Gasteiger partial charge in [-0.1, -0.05) is 30.3 Å². The number of aliphatic hydroxyl groups excluding tert-OH is 1. The van der Waals surface area contributed by atoms with Crippen LogP contribution >= 0.6 is 0 Å². The van der Waals surface area contributed by atoms with Gasteiger partial charge in [-0.2, -0.15) is 0 Å². The second-order valence-corrected chi connectivity index (χ2v) is 3.01. The van der Waals surface area contributed by atoms with Gasteiger partial charge in [0.15, 0.2) is 6.29 Å². The highest BCUT2D eigenvalue weighted by Gasteiger charge is 1.95. The zero-order valence-electron chi connectivity index (χ0n) is 8.35. The number of hydrogen-bond donors (Lipinski definition) is 1. The summed E-state index contributed by atoms with van der Waals surface area (Å²) in [4.78, 5) is 0. The van der Waals surface area contributed by atoms with Crippen molar-refractivity contribution in [3.8, 4) is 0 Å². The van der Waals surface area contributed by atoms with Crippen molar-refractivity contribution in [2.24, 2.45) is 0 Å². The Kier molecular flexibility index (Phi) is 5.22. The highest BCUT2D eigenvalue weighted by Crippen LogP contribution is 2.00. The lowest BCUT2D eigenvalue weighted by atomic mass is 10.2. The summed E-state index contributed by atoms with van der Waals surface area (Å²) in [5.74, 6) is 0. The summed E-state index contributed by atoms with van der Waals surface area (Å²) in [6.07, 6.45) is -0.713. The predicted octanol–water partition coefficient (Wildman–Crippen LogP) is 1.56. The van der Waals surface area contributed by atoms with Gasteiger partial charge in [-0.15, -0.1) is 0 Å². The van der Waals surface area contributed by atoms with E-state index in [0.717, 1.165) is 5.56 Å². The van der Waals surface area contributed by atoms with Crippen LogP contribution in [-0.4, -0.2) is 24.6 Å². The summed E-state index contributed by atoms with van der Waals surface area (Å²) in [5, 5.41) is 8.79. The van der Waals surface area contributed by atoms with E-state index in [9.17, 15) is 0 Å². The SMILES string of the molecule is CC(O)OCCOCc1ccccc1. The Balaban J connectivity index is 2.05. The third-order valence-corrected chi connectivity index (χ3v) is 1.70. The van der Waals surface area contributed by atoms with Gasteiger partial charge in [0.25, 0.3) is 0 Å². The first kappa shape index (κ1) is 11.2. The molecule has 0 saturated carbocycles. The fourth-order valence-corrected chi connectivity index (χ4v) is 1.04. The average molecular weight is 196 g/mol. The van der Waals surface area contributed by atoms with Crippen molar-refractivity contribution in [1.82, 2.24) is 0 Å². The minimum atomic E-state index is -0.713. The lowest BCUT2D eigenvalue weighted by Crippen LogP contribution is -2.11. The van der Waals surface area contributed by atoms with Crippen LogP contribution in [0.1, 0.15) is 12.5 Å². The van der Waals surface area contributed by atoms with Crippen molar-refractivity contribution in [2.45, 2.75) is 19.8 Å². The Morgan fingerprint density at radius 1 is 1.21 bits per heavy atom.